The van der Waals surface area contributed by atoms with Crippen molar-refractivity contribution in [3.8, 4) is 11.4 Å². The number of aliphatic hydroxyl groups is 2. The Morgan fingerprint density at radius 3 is 2.61 bits per heavy atom. The molecule has 1 aliphatic rings. The molecule has 7 heteroatoms. The van der Waals surface area contributed by atoms with Gasteiger partial charge in [0.2, 0.25) is 0 Å². The fourth-order valence-electron chi connectivity index (χ4n) is 4.62. The molecule has 0 spiro atoms. The molecule has 2 unspecified atom stereocenters. The van der Waals surface area contributed by atoms with Crippen molar-refractivity contribution in [2.24, 2.45) is 0 Å². The first-order valence-corrected chi connectivity index (χ1v) is 11.4. The molecule has 2 aromatic heterocycles. The van der Waals surface area contributed by atoms with Crippen molar-refractivity contribution in [2.75, 3.05) is 19.7 Å². The summed E-state index contributed by atoms with van der Waals surface area (Å²) in [7, 11) is 0. The average molecular weight is 424 g/mol. The highest BCUT2D eigenvalue weighted by molar-refractivity contribution is 5.81. The van der Waals surface area contributed by atoms with Crippen LogP contribution in [-0.4, -0.2) is 66.5 Å². The molecular formula is C24H33N5O2. The zero-order chi connectivity index (χ0) is 21.6. The zero-order valence-electron chi connectivity index (χ0n) is 18.3. The van der Waals surface area contributed by atoms with Crippen LogP contribution in [0.25, 0.3) is 22.4 Å². The lowest BCUT2D eigenvalue weighted by atomic mass is 9.99. The Bertz CT molecular complexity index is 975. The lowest BCUT2D eigenvalue weighted by Gasteiger charge is -2.36. The van der Waals surface area contributed by atoms with Gasteiger partial charge < -0.3 is 14.8 Å². The number of unbranched alkanes of at least 4 members (excludes halogenated alkanes) is 3. The number of likely N-dealkylation sites (tertiary alicyclic amines) is 1. The molecule has 31 heavy (non-hydrogen) atoms. The smallest absolute Gasteiger partial charge is 0.159 e. The Hall–Kier alpha value is -2.35. The van der Waals surface area contributed by atoms with E-state index in [1.807, 2.05) is 6.07 Å². The maximum atomic E-state index is 9.78. The maximum Gasteiger partial charge on any atom is 0.159 e. The van der Waals surface area contributed by atoms with Crippen LogP contribution < -0.4 is 0 Å². The minimum atomic E-state index is -0.252. The summed E-state index contributed by atoms with van der Waals surface area (Å²) in [5, 5.41) is 19.3. The molecule has 1 saturated heterocycles. The van der Waals surface area contributed by atoms with E-state index in [1.165, 1.54) is 12.8 Å². The zero-order valence-corrected chi connectivity index (χ0v) is 18.3. The summed E-state index contributed by atoms with van der Waals surface area (Å²) in [5.74, 6) is 1.77. The van der Waals surface area contributed by atoms with E-state index >= 15 is 0 Å². The second-order valence-corrected chi connectivity index (χ2v) is 8.55. The fourth-order valence-corrected chi connectivity index (χ4v) is 4.62. The van der Waals surface area contributed by atoms with Crippen molar-refractivity contribution in [3.05, 3.63) is 42.5 Å². The number of benzene rings is 1. The normalized spacial score (nSPS) is 19.8. The first-order chi connectivity index (χ1) is 15.2. The van der Waals surface area contributed by atoms with Gasteiger partial charge in [0.25, 0.3) is 0 Å². The van der Waals surface area contributed by atoms with Crippen molar-refractivity contribution >= 4 is 11.0 Å². The largest absolute Gasteiger partial charge is 0.395 e. The van der Waals surface area contributed by atoms with Crippen LogP contribution in [0.5, 0.6) is 0 Å². The lowest BCUT2D eigenvalue weighted by molar-refractivity contribution is 0.0163. The summed E-state index contributed by atoms with van der Waals surface area (Å²) >= 11 is 0. The third-order valence-electron chi connectivity index (χ3n) is 6.36. The first-order valence-electron chi connectivity index (χ1n) is 11.4. The summed E-state index contributed by atoms with van der Waals surface area (Å²) in [5.41, 5.74) is 3.14. The van der Waals surface area contributed by atoms with E-state index in [9.17, 15) is 10.2 Å². The molecule has 3 heterocycles. The van der Waals surface area contributed by atoms with E-state index in [0.717, 1.165) is 67.1 Å². The van der Waals surface area contributed by atoms with Crippen LogP contribution >= 0.6 is 0 Å². The SMILES string of the molecule is Cc1nc2cc(-c3ncccn3)ccc2n1CCCCCCN1CCC(O)CC1CO. The van der Waals surface area contributed by atoms with Crippen molar-refractivity contribution in [3.63, 3.8) is 0 Å². The molecule has 2 atom stereocenters. The Kier molecular flexibility index (Phi) is 7.27. The van der Waals surface area contributed by atoms with Crippen LogP contribution in [-0.2, 0) is 6.54 Å². The van der Waals surface area contributed by atoms with Crippen molar-refractivity contribution in [1.29, 1.82) is 0 Å². The quantitative estimate of drug-likeness (QED) is 0.514. The van der Waals surface area contributed by atoms with Gasteiger partial charge in [0.05, 0.1) is 23.7 Å². The monoisotopic (exact) mass is 423 g/mol. The number of piperidine rings is 1. The maximum absolute atomic E-state index is 9.78. The molecule has 3 aromatic rings. The third kappa shape index (κ3) is 5.29. The summed E-state index contributed by atoms with van der Waals surface area (Å²) in [4.78, 5) is 15.8. The standard InChI is InChI=1S/C24H33N5O2/c1-18-27-22-15-19(24-25-10-6-11-26-24)7-8-23(22)29(18)13-5-3-2-4-12-28-14-9-21(31)16-20(28)17-30/h6-8,10-11,15,20-21,30-31H,2-5,9,12-14,16-17H2,1H3. The molecule has 1 aliphatic heterocycles. The van der Waals surface area contributed by atoms with Gasteiger partial charge in [-0.05, 0) is 63.4 Å². The highest BCUT2D eigenvalue weighted by Gasteiger charge is 2.26. The number of aliphatic hydroxyl groups excluding tert-OH is 2. The van der Waals surface area contributed by atoms with Crippen molar-refractivity contribution in [2.45, 2.75) is 64.1 Å². The number of hydrogen-bond acceptors (Lipinski definition) is 6. The van der Waals surface area contributed by atoms with Gasteiger partial charge in [0, 0.05) is 37.1 Å². The second-order valence-electron chi connectivity index (χ2n) is 8.55. The Labute approximate surface area is 183 Å². The molecule has 0 amide bonds. The van der Waals surface area contributed by atoms with Crippen LogP contribution in [0.4, 0.5) is 0 Å². The van der Waals surface area contributed by atoms with E-state index in [0.29, 0.717) is 6.42 Å². The molecule has 0 saturated carbocycles. The number of hydrogen-bond donors (Lipinski definition) is 2. The third-order valence-corrected chi connectivity index (χ3v) is 6.36. The van der Waals surface area contributed by atoms with E-state index < -0.39 is 0 Å². The Balaban J connectivity index is 1.27. The van der Waals surface area contributed by atoms with Crippen LogP contribution in [0.1, 0.15) is 44.3 Å². The van der Waals surface area contributed by atoms with Crippen molar-refractivity contribution in [1.82, 2.24) is 24.4 Å². The fraction of sp³-hybridized carbons (Fsp3) is 0.542. The molecule has 1 fully saturated rings. The minimum Gasteiger partial charge on any atom is -0.395 e. The Morgan fingerprint density at radius 2 is 1.84 bits per heavy atom. The van der Waals surface area contributed by atoms with Gasteiger partial charge in [-0.15, -0.1) is 0 Å². The number of fused-ring (bicyclic) bond motifs is 1. The molecule has 0 radical (unpaired) electrons. The van der Waals surface area contributed by atoms with E-state index in [1.54, 1.807) is 12.4 Å². The summed E-state index contributed by atoms with van der Waals surface area (Å²) in [6, 6.07) is 8.21. The van der Waals surface area contributed by atoms with Gasteiger partial charge in [-0.1, -0.05) is 12.8 Å². The van der Waals surface area contributed by atoms with E-state index in [-0.39, 0.29) is 18.8 Å². The highest BCUT2D eigenvalue weighted by atomic mass is 16.3. The predicted octanol–water partition coefficient (Wildman–Crippen LogP) is 3.18. The highest BCUT2D eigenvalue weighted by Crippen LogP contribution is 2.23. The van der Waals surface area contributed by atoms with Crippen LogP contribution in [0.2, 0.25) is 0 Å². The number of imidazole rings is 1. The molecular weight excluding hydrogens is 390 g/mol. The molecule has 166 valence electrons. The minimum absolute atomic E-state index is 0.120. The summed E-state index contributed by atoms with van der Waals surface area (Å²) < 4.78 is 2.30. The molecule has 4 rings (SSSR count). The number of aromatic nitrogens is 4. The van der Waals surface area contributed by atoms with Crippen LogP contribution in [0.15, 0.2) is 36.7 Å². The summed E-state index contributed by atoms with van der Waals surface area (Å²) in [6.45, 7) is 5.08. The van der Waals surface area contributed by atoms with Crippen LogP contribution in [0.3, 0.4) is 0 Å². The number of rotatable bonds is 9. The van der Waals surface area contributed by atoms with Gasteiger partial charge in [-0.25, -0.2) is 15.0 Å². The molecule has 0 aliphatic carbocycles. The molecule has 7 nitrogen and oxygen atoms in total. The van der Waals surface area contributed by atoms with E-state index in [2.05, 4.69) is 44.6 Å². The predicted molar refractivity (Wildman–Crippen MR) is 122 cm³/mol. The summed E-state index contributed by atoms with van der Waals surface area (Å²) in [6.07, 6.45) is 9.40. The Morgan fingerprint density at radius 1 is 1.06 bits per heavy atom. The van der Waals surface area contributed by atoms with Gasteiger partial charge in [-0.2, -0.15) is 0 Å². The lowest BCUT2D eigenvalue weighted by Crippen LogP contribution is -2.46. The topological polar surface area (TPSA) is 87.3 Å². The number of nitrogens with zero attached hydrogens (tertiary/aromatic N) is 5. The van der Waals surface area contributed by atoms with Gasteiger partial charge in [0.15, 0.2) is 5.82 Å². The van der Waals surface area contributed by atoms with Gasteiger partial charge in [-0.3, -0.25) is 4.90 Å². The van der Waals surface area contributed by atoms with E-state index in [4.69, 9.17) is 4.98 Å². The van der Waals surface area contributed by atoms with Crippen LogP contribution in [0, 0.1) is 6.92 Å². The number of aryl methyl sites for hydroxylation is 2. The average Bonchev–Trinajstić information content (AvgIpc) is 3.11. The first kappa shape index (κ1) is 21.9. The molecule has 1 aromatic carbocycles. The molecule has 0 bridgehead atoms. The van der Waals surface area contributed by atoms with Crippen molar-refractivity contribution < 1.29 is 10.2 Å². The van der Waals surface area contributed by atoms with Gasteiger partial charge in [0.1, 0.15) is 5.82 Å². The van der Waals surface area contributed by atoms with Gasteiger partial charge >= 0.3 is 0 Å². The second kappa shape index (κ2) is 10.3. The molecule has 2 N–H and O–H groups in total.